The van der Waals surface area contributed by atoms with Crippen LogP contribution in [-0.2, 0) is 22.7 Å². The number of nitrogens with zero attached hydrogens (tertiary/aromatic N) is 1. The van der Waals surface area contributed by atoms with Crippen LogP contribution in [0.15, 0.2) is 77.5 Å². The molecule has 0 aromatic heterocycles. The number of carbonyl (C=O) groups excluding carboxylic acids is 3. The molecule has 0 aliphatic carbocycles. The van der Waals surface area contributed by atoms with E-state index in [1.807, 2.05) is 18.2 Å². The zero-order valence-electron chi connectivity index (χ0n) is 22.3. The third-order valence-electron chi connectivity index (χ3n) is 6.69. The van der Waals surface area contributed by atoms with Crippen LogP contribution in [-0.4, -0.2) is 22.6 Å². The second kappa shape index (κ2) is 12.1. The van der Waals surface area contributed by atoms with E-state index in [2.05, 4.69) is 38.3 Å². The van der Waals surface area contributed by atoms with Crippen LogP contribution in [0, 0.1) is 0 Å². The van der Waals surface area contributed by atoms with Crippen LogP contribution in [0.4, 0.5) is 5.69 Å². The highest BCUT2D eigenvalue weighted by Gasteiger charge is 2.37. The maximum atomic E-state index is 13.1. The Hall–Kier alpha value is -3.61. The van der Waals surface area contributed by atoms with Gasteiger partial charge in [0.25, 0.3) is 17.7 Å². The zero-order valence-corrected chi connectivity index (χ0v) is 23.9. The highest BCUT2D eigenvalue weighted by atomic mass is 35.5. The molecule has 1 heterocycles. The lowest BCUT2D eigenvalue weighted by Crippen LogP contribution is -2.33. The Morgan fingerprint density at radius 2 is 1.44 bits per heavy atom. The van der Waals surface area contributed by atoms with Crippen molar-refractivity contribution in [2.24, 2.45) is 0 Å². The molecule has 39 heavy (non-hydrogen) atoms. The second-order valence-corrected chi connectivity index (χ2v) is 10.9. The van der Waals surface area contributed by atoms with Crippen LogP contribution < -0.4 is 10.6 Å². The molecule has 2 N–H and O–H groups in total. The lowest BCUT2D eigenvalue weighted by atomic mass is 9.92. The van der Waals surface area contributed by atoms with Crippen molar-refractivity contribution in [3.8, 4) is 0 Å². The van der Waals surface area contributed by atoms with Crippen LogP contribution in [0.25, 0.3) is 0 Å². The van der Waals surface area contributed by atoms with Crippen molar-refractivity contribution in [2.75, 3.05) is 5.32 Å². The van der Waals surface area contributed by atoms with Crippen LogP contribution >= 0.6 is 23.2 Å². The Balaban J connectivity index is 1.42. The first-order valence-electron chi connectivity index (χ1n) is 12.8. The van der Waals surface area contributed by atoms with E-state index in [9.17, 15) is 14.4 Å². The first-order chi connectivity index (χ1) is 18.6. The van der Waals surface area contributed by atoms with Gasteiger partial charge in [-0.2, -0.15) is 0 Å². The summed E-state index contributed by atoms with van der Waals surface area (Å²) in [5.41, 5.74) is 5.09. The molecular formula is C31H31Cl2N3O3. The molecular weight excluding hydrogens is 533 g/mol. The number of hydrogen-bond acceptors (Lipinski definition) is 4. The molecule has 0 saturated carbocycles. The SMILES string of the molecule is CC(C)c1cccc(C(C)C)c1NC(=O)c1ccc(CNC2=C(Cl)C(=O)N(Cc3ccccc3Cl)C2=O)cc1. The van der Waals surface area contributed by atoms with E-state index in [-0.39, 0.29) is 41.6 Å². The minimum atomic E-state index is -0.571. The van der Waals surface area contributed by atoms with E-state index >= 15 is 0 Å². The molecule has 0 bridgehead atoms. The highest BCUT2D eigenvalue weighted by Crippen LogP contribution is 2.33. The molecule has 1 aliphatic heterocycles. The Bertz CT molecular complexity index is 1420. The molecule has 0 unspecified atom stereocenters. The summed E-state index contributed by atoms with van der Waals surface area (Å²) in [4.78, 5) is 39.8. The van der Waals surface area contributed by atoms with Gasteiger partial charge in [-0.1, -0.05) is 99.4 Å². The first kappa shape index (κ1) is 28.4. The zero-order chi connectivity index (χ0) is 28.3. The van der Waals surface area contributed by atoms with Crippen LogP contribution in [0.1, 0.15) is 72.1 Å². The van der Waals surface area contributed by atoms with E-state index < -0.39 is 11.8 Å². The summed E-state index contributed by atoms with van der Waals surface area (Å²) >= 11 is 12.4. The lowest BCUT2D eigenvalue weighted by Gasteiger charge is -2.20. The number of carbonyl (C=O) groups is 3. The topological polar surface area (TPSA) is 78.5 Å². The number of halogens is 2. The molecule has 1 aliphatic rings. The molecule has 0 radical (unpaired) electrons. The third-order valence-corrected chi connectivity index (χ3v) is 7.41. The summed E-state index contributed by atoms with van der Waals surface area (Å²) in [6.07, 6.45) is 0. The van der Waals surface area contributed by atoms with Crippen molar-refractivity contribution >= 4 is 46.6 Å². The standard InChI is InChI=1S/C31H31Cl2N3O3/c1-18(2)23-9-7-10-24(19(3)4)27(23)35-29(37)21-14-12-20(13-15-21)16-34-28-26(33)30(38)36(31(28)39)17-22-8-5-6-11-25(22)32/h5-15,18-19,34H,16-17H2,1-4H3,(H,35,37). The van der Waals surface area contributed by atoms with Gasteiger partial charge in [-0.25, -0.2) is 0 Å². The van der Waals surface area contributed by atoms with Gasteiger partial charge in [0.05, 0.1) is 6.54 Å². The molecule has 4 rings (SSSR count). The molecule has 0 spiro atoms. The van der Waals surface area contributed by atoms with E-state index in [4.69, 9.17) is 23.2 Å². The Morgan fingerprint density at radius 1 is 0.821 bits per heavy atom. The fraction of sp³-hybridized carbons (Fsp3) is 0.258. The molecule has 202 valence electrons. The Morgan fingerprint density at radius 3 is 2.03 bits per heavy atom. The van der Waals surface area contributed by atoms with E-state index in [1.165, 1.54) is 0 Å². The van der Waals surface area contributed by atoms with E-state index in [1.54, 1.807) is 48.5 Å². The van der Waals surface area contributed by atoms with Crippen molar-refractivity contribution in [1.29, 1.82) is 0 Å². The van der Waals surface area contributed by atoms with Crippen LogP contribution in [0.3, 0.4) is 0 Å². The van der Waals surface area contributed by atoms with Crippen molar-refractivity contribution in [2.45, 2.75) is 52.6 Å². The normalized spacial score (nSPS) is 13.6. The smallest absolute Gasteiger partial charge is 0.278 e. The maximum absolute atomic E-state index is 13.1. The van der Waals surface area contributed by atoms with Crippen LogP contribution in [0.2, 0.25) is 5.02 Å². The fourth-order valence-corrected chi connectivity index (χ4v) is 4.93. The van der Waals surface area contributed by atoms with Gasteiger partial charge in [-0.3, -0.25) is 19.3 Å². The van der Waals surface area contributed by atoms with Crippen LogP contribution in [0.5, 0.6) is 0 Å². The minimum absolute atomic E-state index is 0.0288. The van der Waals surface area contributed by atoms with Gasteiger partial charge in [0.1, 0.15) is 10.7 Å². The predicted molar refractivity (Wildman–Crippen MR) is 156 cm³/mol. The van der Waals surface area contributed by atoms with Gasteiger partial charge >= 0.3 is 0 Å². The number of imide groups is 1. The van der Waals surface area contributed by atoms with Gasteiger partial charge in [-0.05, 0) is 52.3 Å². The van der Waals surface area contributed by atoms with E-state index in [0.717, 1.165) is 27.3 Å². The quantitative estimate of drug-likeness (QED) is 0.276. The number of para-hydroxylation sites is 1. The minimum Gasteiger partial charge on any atom is -0.375 e. The number of amides is 3. The summed E-state index contributed by atoms with van der Waals surface area (Å²) in [6, 6.07) is 20.2. The molecule has 3 aromatic rings. The van der Waals surface area contributed by atoms with Crippen molar-refractivity contribution in [1.82, 2.24) is 10.2 Å². The summed E-state index contributed by atoms with van der Waals surface area (Å²) < 4.78 is 0. The number of nitrogens with one attached hydrogen (secondary N) is 2. The molecule has 0 fully saturated rings. The first-order valence-corrected chi connectivity index (χ1v) is 13.6. The summed E-state index contributed by atoms with van der Waals surface area (Å²) in [5, 5.41) is 6.42. The number of hydrogen-bond donors (Lipinski definition) is 2. The van der Waals surface area contributed by atoms with E-state index in [0.29, 0.717) is 16.1 Å². The van der Waals surface area contributed by atoms with Gasteiger partial charge < -0.3 is 10.6 Å². The average molecular weight is 565 g/mol. The molecule has 3 amide bonds. The van der Waals surface area contributed by atoms with Gasteiger partial charge in [0, 0.05) is 22.8 Å². The van der Waals surface area contributed by atoms with Gasteiger partial charge in [0.2, 0.25) is 0 Å². The van der Waals surface area contributed by atoms with Crippen molar-refractivity contribution in [3.63, 3.8) is 0 Å². The number of anilines is 1. The average Bonchev–Trinajstić information content (AvgIpc) is 3.11. The summed E-state index contributed by atoms with van der Waals surface area (Å²) in [7, 11) is 0. The summed E-state index contributed by atoms with van der Waals surface area (Å²) in [5.74, 6) is -0.745. The number of rotatable bonds is 9. The monoisotopic (exact) mass is 563 g/mol. The Kier molecular flexibility index (Phi) is 8.78. The summed E-state index contributed by atoms with van der Waals surface area (Å²) in [6.45, 7) is 8.71. The predicted octanol–water partition coefficient (Wildman–Crippen LogP) is 6.95. The molecule has 6 nitrogen and oxygen atoms in total. The fourth-order valence-electron chi connectivity index (χ4n) is 4.49. The van der Waals surface area contributed by atoms with Gasteiger partial charge in [0.15, 0.2) is 0 Å². The molecule has 8 heteroatoms. The lowest BCUT2D eigenvalue weighted by molar-refractivity contribution is -0.138. The van der Waals surface area contributed by atoms with Gasteiger partial charge in [-0.15, -0.1) is 0 Å². The van der Waals surface area contributed by atoms with Crippen molar-refractivity contribution < 1.29 is 14.4 Å². The Labute approximate surface area is 239 Å². The molecule has 0 atom stereocenters. The molecule has 3 aromatic carbocycles. The maximum Gasteiger partial charge on any atom is 0.278 e. The van der Waals surface area contributed by atoms with Crippen molar-refractivity contribution in [3.05, 3.63) is 110 Å². The number of benzene rings is 3. The molecule has 0 saturated heterocycles. The highest BCUT2D eigenvalue weighted by molar-refractivity contribution is 6.47. The largest absolute Gasteiger partial charge is 0.375 e. The second-order valence-electron chi connectivity index (χ2n) is 10.1. The third kappa shape index (κ3) is 6.18.